The Morgan fingerprint density at radius 1 is 0.855 bits per heavy atom. The number of H-pyrrole nitrogens is 1. The maximum atomic E-state index is 14.3. The maximum Gasteiger partial charge on any atom is 0.246 e. The summed E-state index contributed by atoms with van der Waals surface area (Å²) in [6.45, 7) is 4.02. The van der Waals surface area contributed by atoms with Crippen molar-refractivity contribution in [2.24, 2.45) is 0 Å². The molecule has 1 fully saturated rings. The number of nitrogens with zero attached hydrogens (tertiary/aromatic N) is 1. The highest BCUT2D eigenvalue weighted by atomic mass is 32.2. The van der Waals surface area contributed by atoms with Crippen LogP contribution in [-0.2, 0) is 40.0 Å². The molecule has 7 amide bonds. The van der Waals surface area contributed by atoms with Crippen LogP contribution in [0.3, 0.4) is 0 Å². The van der Waals surface area contributed by atoms with E-state index in [0.29, 0.717) is 21.5 Å². The van der Waals surface area contributed by atoms with Gasteiger partial charge in [0.2, 0.25) is 41.4 Å². The fourth-order valence-corrected chi connectivity index (χ4v) is 7.85. The molecule has 1 aromatic carbocycles. The summed E-state index contributed by atoms with van der Waals surface area (Å²) < 4.78 is 0. The van der Waals surface area contributed by atoms with Crippen LogP contribution < -0.4 is 31.9 Å². The van der Waals surface area contributed by atoms with Gasteiger partial charge >= 0.3 is 0 Å². The topological polar surface area (TPSA) is 292 Å². The van der Waals surface area contributed by atoms with Crippen molar-refractivity contribution in [2.45, 2.75) is 112 Å². The van der Waals surface area contributed by atoms with Crippen molar-refractivity contribution in [3.8, 4) is 0 Å². The Labute approximate surface area is 320 Å². The second kappa shape index (κ2) is 16.9. The van der Waals surface area contributed by atoms with Gasteiger partial charge in [0.1, 0.15) is 42.3 Å². The van der Waals surface area contributed by atoms with Crippen molar-refractivity contribution in [3.05, 3.63) is 29.8 Å². The Morgan fingerprint density at radius 2 is 1.49 bits per heavy atom. The first-order chi connectivity index (χ1) is 25.9. The van der Waals surface area contributed by atoms with E-state index < -0.39 is 114 Å². The summed E-state index contributed by atoms with van der Waals surface area (Å²) in [5.41, 5.74) is -0.741. The number of fused-ring (bicyclic) bond motifs is 5. The SMILES string of the molecule is C[C@@H]1NC(=O)C(C[C@@](C)(O)CO)NC(=O)[C@@H]2Cc3c([nH]c4ccccc34)SC[C@H](NC(=O)[C@@H]([C@H](C)O)NC1=O)C(=O)N1C[C@@H](O)C[C@H]1C(=O)N[C@@H](C)C(=O)N2. The van der Waals surface area contributed by atoms with E-state index in [4.69, 9.17) is 0 Å². The number of hydrogen-bond acceptors (Lipinski definition) is 12. The second-order valence-corrected chi connectivity index (χ2v) is 15.6. The lowest BCUT2D eigenvalue weighted by Gasteiger charge is -2.31. The van der Waals surface area contributed by atoms with E-state index in [0.717, 1.165) is 16.7 Å². The number of rotatable bonds is 4. The molecule has 4 heterocycles. The zero-order valence-corrected chi connectivity index (χ0v) is 31.6. The zero-order chi connectivity index (χ0) is 40.4. The van der Waals surface area contributed by atoms with Crippen LogP contribution in [0.5, 0.6) is 0 Å². The van der Waals surface area contributed by atoms with Gasteiger partial charge in [0.15, 0.2) is 0 Å². The largest absolute Gasteiger partial charge is 0.393 e. The summed E-state index contributed by atoms with van der Waals surface area (Å²) in [5, 5.41) is 58.1. The van der Waals surface area contributed by atoms with Gasteiger partial charge in [-0.1, -0.05) is 18.2 Å². The molecule has 2 bridgehead atoms. The standard InChI is InChI=1S/C35H48N8O11S/c1-15-27(47)38-22-10-20-19-7-5-6-8-21(19)41-33(20)55-13-24(34(53)43-12-18(46)9-25(43)31(51)37-15)40-32(52)26(17(3)45)42-28(48)16(2)36-30(50)23(39-29(22)49)11-35(4,54)14-44/h5-8,15-18,22-26,41,44-46,54H,9-14H2,1-4H3,(H,36,50)(H,37,51)(H,38,47)(H,39,49)(H,40,52)(H,42,48)/t15-,16-,17-,18-,22-,23?,24-,25-,26+,35+/m0/s1. The summed E-state index contributed by atoms with van der Waals surface area (Å²) in [7, 11) is 0. The monoisotopic (exact) mass is 788 g/mol. The molecule has 11 N–H and O–H groups in total. The minimum Gasteiger partial charge on any atom is -0.393 e. The highest BCUT2D eigenvalue weighted by Gasteiger charge is 2.44. The Balaban J connectivity index is 1.69. The Kier molecular flexibility index (Phi) is 12.8. The lowest BCUT2D eigenvalue weighted by Crippen LogP contribution is -2.61. The molecule has 1 saturated heterocycles. The van der Waals surface area contributed by atoms with Crippen molar-refractivity contribution in [2.75, 3.05) is 18.9 Å². The molecule has 3 aliphatic heterocycles. The van der Waals surface area contributed by atoms with Crippen LogP contribution in [0.4, 0.5) is 0 Å². The number of carbonyl (C=O) groups excluding carboxylic acids is 7. The molecule has 5 rings (SSSR count). The molecule has 55 heavy (non-hydrogen) atoms. The predicted molar refractivity (Wildman–Crippen MR) is 196 cm³/mol. The summed E-state index contributed by atoms with van der Waals surface area (Å²) in [4.78, 5) is 101. The molecule has 2 aromatic rings. The Morgan fingerprint density at radius 3 is 2.16 bits per heavy atom. The van der Waals surface area contributed by atoms with Crippen molar-refractivity contribution < 1.29 is 54.0 Å². The van der Waals surface area contributed by atoms with Crippen LogP contribution in [-0.4, -0.2) is 151 Å². The van der Waals surface area contributed by atoms with Crippen molar-refractivity contribution in [1.82, 2.24) is 41.8 Å². The quantitative estimate of drug-likeness (QED) is 0.143. The molecule has 0 aliphatic carbocycles. The first kappa shape index (κ1) is 41.4. The number of aromatic nitrogens is 1. The van der Waals surface area contributed by atoms with Crippen LogP contribution in [0, 0.1) is 0 Å². The van der Waals surface area contributed by atoms with Crippen LogP contribution in [0.25, 0.3) is 10.9 Å². The number of aliphatic hydroxyl groups is 4. The first-order valence-electron chi connectivity index (χ1n) is 17.9. The average Bonchev–Trinajstić information content (AvgIpc) is 3.69. The second-order valence-electron chi connectivity index (χ2n) is 14.6. The fraction of sp³-hybridized carbons (Fsp3) is 0.571. The van der Waals surface area contributed by atoms with Gasteiger partial charge < -0.3 is 62.2 Å². The zero-order valence-electron chi connectivity index (χ0n) is 30.8. The molecular weight excluding hydrogens is 740 g/mol. The first-order valence-corrected chi connectivity index (χ1v) is 18.9. The third kappa shape index (κ3) is 9.55. The predicted octanol–water partition coefficient (Wildman–Crippen LogP) is -3.75. The van der Waals surface area contributed by atoms with Gasteiger partial charge in [-0.15, -0.1) is 11.8 Å². The van der Waals surface area contributed by atoms with E-state index in [1.54, 1.807) is 24.3 Å². The molecule has 1 aromatic heterocycles. The Bertz CT molecular complexity index is 1840. The number of nitrogens with one attached hydrogen (secondary N) is 7. The van der Waals surface area contributed by atoms with Crippen molar-refractivity contribution in [3.63, 3.8) is 0 Å². The van der Waals surface area contributed by atoms with Gasteiger partial charge in [0, 0.05) is 42.5 Å². The lowest BCUT2D eigenvalue weighted by atomic mass is 9.96. The van der Waals surface area contributed by atoms with E-state index in [2.05, 4.69) is 36.9 Å². The van der Waals surface area contributed by atoms with Crippen molar-refractivity contribution in [1.29, 1.82) is 0 Å². The molecule has 0 spiro atoms. The summed E-state index contributed by atoms with van der Waals surface area (Å²) in [5.74, 6) is -6.26. The summed E-state index contributed by atoms with van der Waals surface area (Å²) in [6.07, 6.45) is -3.53. The fourth-order valence-electron chi connectivity index (χ4n) is 6.74. The number of amides is 7. The van der Waals surface area contributed by atoms with E-state index in [1.807, 2.05) is 0 Å². The van der Waals surface area contributed by atoms with Gasteiger partial charge in [-0.05, 0) is 39.3 Å². The normalized spacial score (nSPS) is 30.8. The summed E-state index contributed by atoms with van der Waals surface area (Å²) >= 11 is 1.08. The van der Waals surface area contributed by atoms with E-state index >= 15 is 0 Å². The van der Waals surface area contributed by atoms with E-state index in [-0.39, 0.29) is 25.1 Å². The number of para-hydroxylation sites is 1. The number of thioether (sulfide) groups is 1. The van der Waals surface area contributed by atoms with Gasteiger partial charge in [-0.25, -0.2) is 0 Å². The third-order valence-electron chi connectivity index (χ3n) is 9.87. The average molecular weight is 789 g/mol. The van der Waals surface area contributed by atoms with Gasteiger partial charge in [0.05, 0.1) is 29.4 Å². The number of aliphatic hydroxyl groups excluding tert-OH is 3. The lowest BCUT2D eigenvalue weighted by molar-refractivity contribution is -0.142. The molecule has 3 aliphatic rings. The molecule has 20 heteroatoms. The molecule has 0 saturated carbocycles. The third-order valence-corrected chi connectivity index (χ3v) is 11.0. The van der Waals surface area contributed by atoms with Crippen LogP contribution >= 0.6 is 11.8 Å². The van der Waals surface area contributed by atoms with E-state index in [1.165, 1.54) is 27.7 Å². The molecule has 1 unspecified atom stereocenters. The molecule has 19 nitrogen and oxygen atoms in total. The number of benzene rings is 1. The minimum atomic E-state index is -1.90. The van der Waals surface area contributed by atoms with Gasteiger partial charge in [-0.2, -0.15) is 0 Å². The smallest absolute Gasteiger partial charge is 0.246 e. The number of hydrogen-bond donors (Lipinski definition) is 11. The van der Waals surface area contributed by atoms with Crippen LogP contribution in [0.1, 0.15) is 46.1 Å². The van der Waals surface area contributed by atoms with Gasteiger partial charge in [0.25, 0.3) is 0 Å². The number of carbonyl (C=O) groups is 7. The Hall–Kier alpha value is -4.76. The van der Waals surface area contributed by atoms with Gasteiger partial charge in [-0.3, -0.25) is 33.6 Å². The highest BCUT2D eigenvalue weighted by Crippen LogP contribution is 2.32. The molecule has 300 valence electrons. The number of aromatic amines is 1. The van der Waals surface area contributed by atoms with E-state index in [9.17, 15) is 54.0 Å². The molecular formula is C35H48N8O11S. The van der Waals surface area contributed by atoms with Crippen LogP contribution in [0.15, 0.2) is 29.3 Å². The van der Waals surface area contributed by atoms with Crippen LogP contribution in [0.2, 0.25) is 0 Å². The molecule has 10 atom stereocenters. The molecule has 0 radical (unpaired) electrons. The highest BCUT2D eigenvalue weighted by molar-refractivity contribution is 7.99. The minimum absolute atomic E-state index is 0.170. The maximum absolute atomic E-state index is 14.3. The summed E-state index contributed by atoms with van der Waals surface area (Å²) in [6, 6.07) is -2.86. The van der Waals surface area contributed by atoms with Crippen molar-refractivity contribution >= 4 is 64.0 Å².